The van der Waals surface area contributed by atoms with Crippen LogP contribution in [-0.2, 0) is 11.2 Å². The molecule has 0 saturated carbocycles. The minimum Gasteiger partial charge on any atom is -0.325 e. The van der Waals surface area contributed by atoms with Gasteiger partial charge in [-0.05, 0) is 26.7 Å². The topological polar surface area (TPSA) is 80.1 Å². The minimum absolute atomic E-state index is 0.192. The second-order valence-corrected chi connectivity index (χ2v) is 5.41. The first-order valence-corrected chi connectivity index (χ1v) is 7.16. The zero-order valence-corrected chi connectivity index (χ0v) is 12.5. The lowest BCUT2D eigenvalue weighted by atomic mass is 10.1. The third-order valence-electron chi connectivity index (χ3n) is 3.40. The standard InChI is InChI=1S/C14H21N5O2/c1-4-5-6-7-18-13(20)12(15-14(18)21)8-11-9-19(10(2)3)17-16-11/h4,9-10,12H,1,5-8H2,2-3H3,(H,15,21)/t12-/m0/s1. The van der Waals surface area contributed by atoms with Crippen molar-refractivity contribution < 1.29 is 9.59 Å². The molecule has 2 heterocycles. The Morgan fingerprint density at radius 3 is 2.86 bits per heavy atom. The van der Waals surface area contributed by atoms with E-state index in [1.54, 1.807) is 10.8 Å². The SMILES string of the molecule is C=CCCCN1C(=O)N[C@@H](Cc2cn(C(C)C)nn2)C1=O. The van der Waals surface area contributed by atoms with Crippen LogP contribution in [0.15, 0.2) is 18.9 Å². The molecule has 0 unspecified atom stereocenters. The van der Waals surface area contributed by atoms with Gasteiger partial charge in [0.25, 0.3) is 5.91 Å². The van der Waals surface area contributed by atoms with Crippen molar-refractivity contribution in [1.29, 1.82) is 0 Å². The summed E-state index contributed by atoms with van der Waals surface area (Å²) in [5.74, 6) is -0.192. The number of rotatable bonds is 7. The highest BCUT2D eigenvalue weighted by molar-refractivity contribution is 6.04. The maximum atomic E-state index is 12.2. The number of imide groups is 1. The number of nitrogens with zero attached hydrogens (tertiary/aromatic N) is 4. The summed E-state index contributed by atoms with van der Waals surface area (Å²) in [6.45, 7) is 8.06. The number of carbonyl (C=O) groups is 2. The first-order chi connectivity index (χ1) is 10.0. The Balaban J connectivity index is 1.96. The van der Waals surface area contributed by atoms with Gasteiger partial charge in [-0.2, -0.15) is 0 Å². The third-order valence-corrected chi connectivity index (χ3v) is 3.40. The van der Waals surface area contributed by atoms with Crippen LogP contribution < -0.4 is 5.32 Å². The molecule has 7 heteroatoms. The lowest BCUT2D eigenvalue weighted by Crippen LogP contribution is -2.33. The molecule has 2 rings (SSSR count). The summed E-state index contributed by atoms with van der Waals surface area (Å²) in [6.07, 6.45) is 5.48. The number of hydrogen-bond donors (Lipinski definition) is 1. The van der Waals surface area contributed by atoms with Crippen molar-refractivity contribution in [3.8, 4) is 0 Å². The van der Waals surface area contributed by atoms with Crippen LogP contribution in [0.2, 0.25) is 0 Å². The zero-order valence-electron chi connectivity index (χ0n) is 12.5. The van der Waals surface area contributed by atoms with Crippen LogP contribution >= 0.6 is 0 Å². The Morgan fingerprint density at radius 1 is 1.48 bits per heavy atom. The summed E-state index contributed by atoms with van der Waals surface area (Å²) in [4.78, 5) is 25.3. The molecule has 1 aliphatic rings. The molecule has 1 aromatic rings. The third kappa shape index (κ3) is 3.48. The molecule has 0 bridgehead atoms. The molecule has 0 radical (unpaired) electrons. The Labute approximate surface area is 124 Å². The van der Waals surface area contributed by atoms with Crippen molar-refractivity contribution in [3.63, 3.8) is 0 Å². The van der Waals surface area contributed by atoms with Crippen LogP contribution in [0.1, 0.15) is 38.4 Å². The van der Waals surface area contributed by atoms with Gasteiger partial charge in [-0.1, -0.05) is 11.3 Å². The van der Waals surface area contributed by atoms with E-state index in [9.17, 15) is 9.59 Å². The molecule has 1 saturated heterocycles. The Kier molecular flexibility index (Phi) is 4.72. The molecule has 1 atom stereocenters. The fourth-order valence-electron chi connectivity index (χ4n) is 2.19. The van der Waals surface area contributed by atoms with Gasteiger partial charge in [0.1, 0.15) is 6.04 Å². The summed E-state index contributed by atoms with van der Waals surface area (Å²) in [7, 11) is 0. The van der Waals surface area contributed by atoms with E-state index in [2.05, 4.69) is 22.2 Å². The van der Waals surface area contributed by atoms with Crippen molar-refractivity contribution >= 4 is 11.9 Å². The van der Waals surface area contributed by atoms with Gasteiger partial charge in [0.05, 0.1) is 5.69 Å². The number of aromatic nitrogens is 3. The first-order valence-electron chi connectivity index (χ1n) is 7.16. The number of nitrogens with one attached hydrogen (secondary N) is 1. The zero-order chi connectivity index (χ0) is 15.4. The number of urea groups is 1. The van der Waals surface area contributed by atoms with Gasteiger partial charge in [0, 0.05) is 25.2 Å². The van der Waals surface area contributed by atoms with Gasteiger partial charge in [-0.25, -0.2) is 9.48 Å². The molecule has 0 spiro atoms. The van der Waals surface area contributed by atoms with E-state index in [1.807, 2.05) is 20.0 Å². The Morgan fingerprint density at radius 2 is 2.24 bits per heavy atom. The quantitative estimate of drug-likeness (QED) is 0.466. The van der Waals surface area contributed by atoms with Gasteiger partial charge >= 0.3 is 6.03 Å². The van der Waals surface area contributed by atoms with E-state index >= 15 is 0 Å². The highest BCUT2D eigenvalue weighted by Crippen LogP contribution is 2.12. The average Bonchev–Trinajstić information content (AvgIpc) is 2.99. The van der Waals surface area contributed by atoms with E-state index < -0.39 is 6.04 Å². The summed E-state index contributed by atoms with van der Waals surface area (Å²) < 4.78 is 1.73. The van der Waals surface area contributed by atoms with Crippen molar-refractivity contribution in [2.24, 2.45) is 0 Å². The molecule has 1 fully saturated rings. The van der Waals surface area contributed by atoms with Crippen molar-refractivity contribution in [3.05, 3.63) is 24.5 Å². The summed E-state index contributed by atoms with van der Waals surface area (Å²) in [5, 5.41) is 10.7. The molecule has 3 amide bonds. The molecular weight excluding hydrogens is 270 g/mol. The van der Waals surface area contributed by atoms with Crippen molar-refractivity contribution in [2.45, 2.75) is 45.2 Å². The maximum Gasteiger partial charge on any atom is 0.324 e. The monoisotopic (exact) mass is 291 g/mol. The molecular formula is C14H21N5O2. The van der Waals surface area contributed by atoms with E-state index in [0.717, 1.165) is 12.8 Å². The predicted octanol–water partition coefficient (Wildman–Crippen LogP) is 1.29. The van der Waals surface area contributed by atoms with Gasteiger partial charge in [0.2, 0.25) is 0 Å². The number of amides is 3. The predicted molar refractivity (Wildman–Crippen MR) is 77.6 cm³/mol. The van der Waals surface area contributed by atoms with Gasteiger partial charge < -0.3 is 5.32 Å². The lowest BCUT2D eigenvalue weighted by molar-refractivity contribution is -0.127. The van der Waals surface area contributed by atoms with Crippen LogP contribution in [0.4, 0.5) is 4.79 Å². The molecule has 7 nitrogen and oxygen atoms in total. The molecule has 1 N–H and O–H groups in total. The largest absolute Gasteiger partial charge is 0.325 e. The first kappa shape index (κ1) is 15.2. The molecule has 1 aliphatic heterocycles. The summed E-state index contributed by atoms with van der Waals surface area (Å²) in [5.41, 5.74) is 0.704. The normalized spacial score (nSPS) is 18.4. The fourth-order valence-corrected chi connectivity index (χ4v) is 2.19. The summed E-state index contributed by atoms with van der Waals surface area (Å²) >= 11 is 0. The average molecular weight is 291 g/mol. The van der Waals surface area contributed by atoms with E-state index in [-0.39, 0.29) is 18.0 Å². The smallest absolute Gasteiger partial charge is 0.324 e. The van der Waals surface area contributed by atoms with Gasteiger partial charge in [-0.15, -0.1) is 11.7 Å². The number of carbonyl (C=O) groups excluding carboxylic acids is 2. The number of allylic oxidation sites excluding steroid dienone is 1. The second kappa shape index (κ2) is 6.51. The van der Waals surface area contributed by atoms with Crippen LogP contribution in [0.25, 0.3) is 0 Å². The van der Waals surface area contributed by atoms with Gasteiger partial charge in [-0.3, -0.25) is 9.69 Å². The molecule has 21 heavy (non-hydrogen) atoms. The Hall–Kier alpha value is -2.18. The van der Waals surface area contributed by atoms with Gasteiger partial charge in [0.15, 0.2) is 0 Å². The van der Waals surface area contributed by atoms with Crippen molar-refractivity contribution in [2.75, 3.05) is 6.54 Å². The summed E-state index contributed by atoms with van der Waals surface area (Å²) in [6, 6.07) is -0.653. The fraction of sp³-hybridized carbons (Fsp3) is 0.571. The van der Waals surface area contributed by atoms with E-state index in [1.165, 1.54) is 4.90 Å². The molecule has 114 valence electrons. The maximum absolute atomic E-state index is 12.2. The minimum atomic E-state index is -0.543. The van der Waals surface area contributed by atoms with Crippen molar-refractivity contribution in [1.82, 2.24) is 25.2 Å². The van der Waals surface area contributed by atoms with Crippen LogP contribution in [0.3, 0.4) is 0 Å². The Bertz CT molecular complexity index is 537. The molecule has 0 aromatic carbocycles. The van der Waals surface area contributed by atoms with Crippen LogP contribution in [0, 0.1) is 0 Å². The second-order valence-electron chi connectivity index (χ2n) is 5.41. The highest BCUT2D eigenvalue weighted by Gasteiger charge is 2.37. The highest BCUT2D eigenvalue weighted by atomic mass is 16.2. The van der Waals surface area contributed by atoms with Crippen LogP contribution in [0.5, 0.6) is 0 Å². The molecule has 1 aromatic heterocycles. The van der Waals surface area contributed by atoms with E-state index in [4.69, 9.17) is 0 Å². The molecule has 0 aliphatic carbocycles. The van der Waals surface area contributed by atoms with Crippen LogP contribution in [-0.4, -0.2) is 44.4 Å². The number of hydrogen-bond acceptors (Lipinski definition) is 4. The number of unbranched alkanes of at least 4 members (excludes halogenated alkanes) is 1. The van der Waals surface area contributed by atoms with E-state index in [0.29, 0.717) is 18.7 Å². The lowest BCUT2D eigenvalue weighted by Gasteiger charge is -2.11.